The first-order valence-electron chi connectivity index (χ1n) is 5.84. The standard InChI is InChI=1S/C11H14N4O3/c1-17-4-7-2-3-8(18-7)15-6-14-9-10(15)12-5-13-11(9)16/h5-8H,2-4H2,1H3,(H,12,13,16)/t7-,8+/m1/s1. The number of rotatable bonds is 3. The molecule has 18 heavy (non-hydrogen) atoms. The minimum absolute atomic E-state index is 0.103. The van der Waals surface area contributed by atoms with E-state index in [0.29, 0.717) is 17.8 Å². The van der Waals surface area contributed by atoms with Crippen LogP contribution in [0.25, 0.3) is 11.2 Å². The van der Waals surface area contributed by atoms with Crippen LogP contribution in [0.4, 0.5) is 0 Å². The first-order chi connectivity index (χ1) is 8.79. The van der Waals surface area contributed by atoms with Crippen molar-refractivity contribution in [3.05, 3.63) is 23.0 Å². The highest BCUT2D eigenvalue weighted by Crippen LogP contribution is 2.29. The number of methoxy groups -OCH3 is 1. The Morgan fingerprint density at radius 3 is 3.28 bits per heavy atom. The summed E-state index contributed by atoms with van der Waals surface area (Å²) < 4.78 is 12.8. The predicted molar refractivity (Wildman–Crippen MR) is 63.2 cm³/mol. The quantitative estimate of drug-likeness (QED) is 0.855. The van der Waals surface area contributed by atoms with Gasteiger partial charge in [-0.05, 0) is 12.8 Å². The number of imidazole rings is 1. The largest absolute Gasteiger partial charge is 0.382 e. The van der Waals surface area contributed by atoms with Crippen molar-refractivity contribution in [1.82, 2.24) is 19.5 Å². The highest BCUT2D eigenvalue weighted by atomic mass is 16.5. The predicted octanol–water partition coefficient (Wildman–Crippen LogP) is 0.444. The van der Waals surface area contributed by atoms with Crippen molar-refractivity contribution in [2.45, 2.75) is 25.2 Å². The van der Waals surface area contributed by atoms with Crippen LogP contribution in [0.5, 0.6) is 0 Å². The molecule has 1 saturated heterocycles. The number of ether oxygens (including phenoxy) is 2. The molecule has 2 aromatic heterocycles. The van der Waals surface area contributed by atoms with Crippen molar-refractivity contribution < 1.29 is 9.47 Å². The van der Waals surface area contributed by atoms with Gasteiger partial charge in [0.25, 0.3) is 0 Å². The summed E-state index contributed by atoms with van der Waals surface area (Å²) in [4.78, 5) is 22.2. The molecule has 3 heterocycles. The van der Waals surface area contributed by atoms with Crippen LogP contribution in [0.15, 0.2) is 17.4 Å². The van der Waals surface area contributed by atoms with Gasteiger partial charge in [-0.25, -0.2) is 4.98 Å². The maximum Gasteiger partial charge on any atom is 0.300 e. The zero-order chi connectivity index (χ0) is 12.5. The topological polar surface area (TPSA) is 82.0 Å². The molecule has 0 saturated carbocycles. The maximum atomic E-state index is 11.5. The molecule has 0 aromatic carbocycles. The lowest BCUT2D eigenvalue weighted by molar-refractivity contribution is -0.0300. The van der Waals surface area contributed by atoms with E-state index in [4.69, 9.17) is 9.47 Å². The molecule has 1 aliphatic rings. The third-order valence-corrected chi connectivity index (χ3v) is 3.13. The third-order valence-electron chi connectivity index (χ3n) is 3.13. The van der Waals surface area contributed by atoms with E-state index in [9.17, 15) is 4.79 Å². The van der Waals surface area contributed by atoms with Crippen molar-refractivity contribution in [2.24, 2.45) is 0 Å². The summed E-state index contributed by atoms with van der Waals surface area (Å²) in [5, 5.41) is 0. The van der Waals surface area contributed by atoms with Gasteiger partial charge in [0, 0.05) is 7.11 Å². The zero-order valence-electron chi connectivity index (χ0n) is 10.00. The van der Waals surface area contributed by atoms with Gasteiger partial charge in [-0.1, -0.05) is 0 Å². The van der Waals surface area contributed by atoms with Crippen molar-refractivity contribution in [2.75, 3.05) is 13.7 Å². The first kappa shape index (κ1) is 11.4. The molecule has 0 unspecified atom stereocenters. The molecule has 1 N–H and O–H groups in total. The molecule has 1 aliphatic heterocycles. The minimum Gasteiger partial charge on any atom is -0.382 e. The first-order valence-corrected chi connectivity index (χ1v) is 5.84. The Bertz CT molecular complexity index is 606. The highest BCUT2D eigenvalue weighted by molar-refractivity contribution is 5.68. The molecule has 0 aliphatic carbocycles. The Hall–Kier alpha value is -1.73. The summed E-state index contributed by atoms with van der Waals surface area (Å²) in [6, 6.07) is 0. The van der Waals surface area contributed by atoms with Crippen molar-refractivity contribution >= 4 is 11.2 Å². The summed E-state index contributed by atoms with van der Waals surface area (Å²) in [5.41, 5.74) is 0.670. The highest BCUT2D eigenvalue weighted by Gasteiger charge is 2.27. The summed E-state index contributed by atoms with van der Waals surface area (Å²) >= 11 is 0. The number of aromatic amines is 1. The summed E-state index contributed by atoms with van der Waals surface area (Å²) in [7, 11) is 1.66. The van der Waals surface area contributed by atoms with Gasteiger partial charge in [0.15, 0.2) is 5.52 Å². The van der Waals surface area contributed by atoms with Gasteiger partial charge in [0.1, 0.15) is 11.9 Å². The second-order valence-corrected chi connectivity index (χ2v) is 4.30. The monoisotopic (exact) mass is 250 g/mol. The fourth-order valence-electron chi connectivity index (χ4n) is 2.29. The lowest BCUT2D eigenvalue weighted by Crippen LogP contribution is -2.16. The van der Waals surface area contributed by atoms with Gasteiger partial charge in [0.2, 0.25) is 0 Å². The lowest BCUT2D eigenvalue weighted by atomic mass is 10.2. The SMILES string of the molecule is COC[C@H]1CC[C@@H](n2cnc3c(=O)nc[nH]c32)O1. The van der Waals surface area contributed by atoms with E-state index in [1.807, 2.05) is 4.57 Å². The van der Waals surface area contributed by atoms with Crippen LogP contribution >= 0.6 is 0 Å². The Morgan fingerprint density at radius 1 is 1.56 bits per heavy atom. The van der Waals surface area contributed by atoms with Crippen LogP contribution in [-0.4, -0.2) is 39.3 Å². The second-order valence-electron chi connectivity index (χ2n) is 4.30. The molecule has 2 aromatic rings. The third kappa shape index (κ3) is 1.81. The van der Waals surface area contributed by atoms with Crippen molar-refractivity contribution in [1.29, 1.82) is 0 Å². The van der Waals surface area contributed by atoms with Crippen molar-refractivity contribution in [3.63, 3.8) is 0 Å². The molecule has 0 bridgehead atoms. The van der Waals surface area contributed by atoms with Crippen LogP contribution in [0, 0.1) is 0 Å². The molecule has 96 valence electrons. The molecule has 3 rings (SSSR count). The average molecular weight is 250 g/mol. The molecular formula is C11H14N4O3. The van der Waals surface area contributed by atoms with Crippen LogP contribution < -0.4 is 5.56 Å². The number of nitrogens with zero attached hydrogens (tertiary/aromatic N) is 3. The molecule has 0 amide bonds. The van der Waals surface area contributed by atoms with E-state index < -0.39 is 0 Å². The Kier molecular flexibility index (Phi) is 2.85. The van der Waals surface area contributed by atoms with E-state index >= 15 is 0 Å². The normalized spacial score (nSPS) is 23.8. The van der Waals surface area contributed by atoms with Crippen LogP contribution in [0.2, 0.25) is 0 Å². The molecule has 7 heteroatoms. The Labute approximate surface area is 103 Å². The summed E-state index contributed by atoms with van der Waals surface area (Å²) in [5.74, 6) is 0. The fourth-order valence-corrected chi connectivity index (χ4v) is 2.29. The number of H-pyrrole nitrogens is 1. The van der Waals surface area contributed by atoms with Crippen LogP contribution in [0.1, 0.15) is 19.1 Å². The van der Waals surface area contributed by atoms with Gasteiger partial charge in [-0.15, -0.1) is 0 Å². The molecule has 0 radical (unpaired) electrons. The van der Waals surface area contributed by atoms with E-state index in [1.165, 1.54) is 6.33 Å². The average Bonchev–Trinajstić information content (AvgIpc) is 2.96. The van der Waals surface area contributed by atoms with Gasteiger partial charge >= 0.3 is 5.56 Å². The number of fused-ring (bicyclic) bond motifs is 1. The van der Waals surface area contributed by atoms with Gasteiger partial charge in [-0.3, -0.25) is 9.36 Å². The number of hydrogen-bond acceptors (Lipinski definition) is 5. The van der Waals surface area contributed by atoms with E-state index in [0.717, 1.165) is 12.8 Å². The number of nitrogens with one attached hydrogen (secondary N) is 1. The van der Waals surface area contributed by atoms with E-state index in [2.05, 4.69) is 15.0 Å². The molecule has 7 nitrogen and oxygen atoms in total. The molecule has 2 atom stereocenters. The lowest BCUT2D eigenvalue weighted by Gasteiger charge is -2.14. The second kappa shape index (κ2) is 4.51. The van der Waals surface area contributed by atoms with E-state index in [-0.39, 0.29) is 17.9 Å². The van der Waals surface area contributed by atoms with Gasteiger partial charge in [-0.2, -0.15) is 4.98 Å². The van der Waals surface area contributed by atoms with Gasteiger partial charge < -0.3 is 14.5 Å². The van der Waals surface area contributed by atoms with Crippen molar-refractivity contribution in [3.8, 4) is 0 Å². The minimum atomic E-state index is -0.325. The zero-order valence-corrected chi connectivity index (χ0v) is 10.00. The maximum absolute atomic E-state index is 11.5. The summed E-state index contributed by atoms with van der Waals surface area (Å²) in [6.07, 6.45) is 4.81. The molecule has 1 fully saturated rings. The smallest absolute Gasteiger partial charge is 0.300 e. The van der Waals surface area contributed by atoms with Crippen LogP contribution in [-0.2, 0) is 9.47 Å². The number of hydrogen-bond donors (Lipinski definition) is 1. The fraction of sp³-hybridized carbons (Fsp3) is 0.545. The van der Waals surface area contributed by atoms with E-state index in [1.54, 1.807) is 13.4 Å². The Morgan fingerprint density at radius 2 is 2.44 bits per heavy atom. The Balaban J connectivity index is 1.92. The molecule has 0 spiro atoms. The van der Waals surface area contributed by atoms with Crippen LogP contribution in [0.3, 0.4) is 0 Å². The van der Waals surface area contributed by atoms with Gasteiger partial charge in [0.05, 0.1) is 25.4 Å². The molecular weight excluding hydrogens is 236 g/mol. The summed E-state index contributed by atoms with van der Waals surface area (Å²) in [6.45, 7) is 0.585. The number of aromatic nitrogens is 4.